The number of aryl methyl sites for hydroxylation is 2. The van der Waals surface area contributed by atoms with Crippen LogP contribution >= 0.6 is 11.3 Å². The summed E-state index contributed by atoms with van der Waals surface area (Å²) < 4.78 is 25.9. The van der Waals surface area contributed by atoms with Gasteiger partial charge >= 0.3 is 0 Å². The number of rotatable bonds is 2. The molecule has 1 heterocycles. The molecule has 0 aliphatic rings. The SMILES string of the molecule is Cc1nc(C(=O)Nc2cc(F)cc(F)c2)c(C)s1. The summed E-state index contributed by atoms with van der Waals surface area (Å²) >= 11 is 1.39. The van der Waals surface area contributed by atoms with E-state index in [9.17, 15) is 13.6 Å². The number of hydrogen-bond donors (Lipinski definition) is 1. The largest absolute Gasteiger partial charge is 0.320 e. The number of thiazole rings is 1. The quantitative estimate of drug-likeness (QED) is 0.908. The van der Waals surface area contributed by atoms with E-state index in [0.717, 1.165) is 28.1 Å². The number of carbonyl (C=O) groups excluding carboxylic acids is 1. The van der Waals surface area contributed by atoms with E-state index >= 15 is 0 Å². The zero-order valence-corrected chi connectivity index (χ0v) is 10.6. The van der Waals surface area contributed by atoms with Gasteiger partial charge in [-0.2, -0.15) is 0 Å². The number of nitrogens with one attached hydrogen (secondary N) is 1. The lowest BCUT2D eigenvalue weighted by Crippen LogP contribution is -2.13. The lowest BCUT2D eigenvalue weighted by Gasteiger charge is -2.04. The van der Waals surface area contributed by atoms with Crippen LogP contribution in [0.15, 0.2) is 18.2 Å². The van der Waals surface area contributed by atoms with E-state index in [1.54, 1.807) is 13.8 Å². The van der Waals surface area contributed by atoms with Crippen LogP contribution in [0, 0.1) is 25.5 Å². The maximum Gasteiger partial charge on any atom is 0.275 e. The van der Waals surface area contributed by atoms with Crippen LogP contribution in [0.25, 0.3) is 0 Å². The fourth-order valence-corrected chi connectivity index (χ4v) is 2.37. The summed E-state index contributed by atoms with van der Waals surface area (Å²) in [5.41, 5.74) is 0.352. The van der Waals surface area contributed by atoms with Crippen molar-refractivity contribution in [2.45, 2.75) is 13.8 Å². The molecule has 0 unspecified atom stereocenters. The van der Waals surface area contributed by atoms with Gasteiger partial charge in [-0.25, -0.2) is 13.8 Å². The Morgan fingerprint density at radius 3 is 2.33 bits per heavy atom. The van der Waals surface area contributed by atoms with Crippen molar-refractivity contribution >= 4 is 22.9 Å². The zero-order chi connectivity index (χ0) is 13.3. The monoisotopic (exact) mass is 268 g/mol. The molecule has 2 rings (SSSR count). The molecule has 1 N–H and O–H groups in total. The number of nitrogens with zero attached hydrogens (tertiary/aromatic N) is 1. The molecule has 94 valence electrons. The number of aromatic nitrogens is 1. The molecule has 3 nitrogen and oxygen atoms in total. The number of halogens is 2. The summed E-state index contributed by atoms with van der Waals surface area (Å²) in [5, 5.41) is 3.19. The first-order chi connectivity index (χ1) is 8.45. The Balaban J connectivity index is 2.23. The second-order valence-electron chi connectivity index (χ2n) is 3.75. The van der Waals surface area contributed by atoms with Crippen LogP contribution in [-0.4, -0.2) is 10.9 Å². The van der Waals surface area contributed by atoms with Gasteiger partial charge in [0.05, 0.1) is 5.01 Å². The summed E-state index contributed by atoms with van der Waals surface area (Å²) in [5.74, 6) is -1.95. The van der Waals surface area contributed by atoms with E-state index in [1.165, 1.54) is 11.3 Å². The van der Waals surface area contributed by atoms with Gasteiger partial charge in [-0.1, -0.05) is 0 Å². The number of benzene rings is 1. The molecule has 6 heteroatoms. The third-order valence-electron chi connectivity index (χ3n) is 2.24. The molecule has 0 saturated carbocycles. The second kappa shape index (κ2) is 4.81. The van der Waals surface area contributed by atoms with E-state index < -0.39 is 17.5 Å². The first-order valence-electron chi connectivity index (χ1n) is 5.17. The molecule has 2 aromatic rings. The maximum atomic E-state index is 13.0. The molecule has 0 aliphatic heterocycles. The Kier molecular flexibility index (Phi) is 3.38. The van der Waals surface area contributed by atoms with Gasteiger partial charge in [0.1, 0.15) is 17.3 Å². The van der Waals surface area contributed by atoms with Crippen molar-refractivity contribution in [3.63, 3.8) is 0 Å². The van der Waals surface area contributed by atoms with E-state index in [4.69, 9.17) is 0 Å². The number of carbonyl (C=O) groups is 1. The zero-order valence-electron chi connectivity index (χ0n) is 9.75. The van der Waals surface area contributed by atoms with Gasteiger partial charge < -0.3 is 5.32 Å². The summed E-state index contributed by atoms with van der Waals surface area (Å²) in [6.07, 6.45) is 0. The van der Waals surface area contributed by atoms with Gasteiger partial charge in [0.25, 0.3) is 5.91 Å². The van der Waals surface area contributed by atoms with Crippen molar-refractivity contribution in [2.75, 3.05) is 5.32 Å². The minimum absolute atomic E-state index is 0.0718. The Bertz CT molecular complexity index is 590. The maximum absolute atomic E-state index is 13.0. The number of anilines is 1. The molecular formula is C12H10F2N2OS. The van der Waals surface area contributed by atoms with Crippen LogP contribution in [-0.2, 0) is 0 Å². The molecule has 0 saturated heterocycles. The fraction of sp³-hybridized carbons (Fsp3) is 0.167. The van der Waals surface area contributed by atoms with Crippen LogP contribution in [0.2, 0.25) is 0 Å². The average molecular weight is 268 g/mol. The van der Waals surface area contributed by atoms with Crippen molar-refractivity contribution in [2.24, 2.45) is 0 Å². The summed E-state index contributed by atoms with van der Waals surface area (Å²) in [6, 6.07) is 2.85. The highest BCUT2D eigenvalue weighted by atomic mass is 32.1. The number of hydrogen-bond acceptors (Lipinski definition) is 3. The lowest BCUT2D eigenvalue weighted by atomic mass is 10.3. The van der Waals surface area contributed by atoms with Gasteiger partial charge in [-0.05, 0) is 26.0 Å². The number of amides is 1. The lowest BCUT2D eigenvalue weighted by molar-refractivity contribution is 0.102. The Morgan fingerprint density at radius 2 is 1.83 bits per heavy atom. The molecule has 0 spiro atoms. The predicted octanol–water partition coefficient (Wildman–Crippen LogP) is 3.29. The van der Waals surface area contributed by atoms with Crippen molar-refractivity contribution in [1.82, 2.24) is 4.98 Å². The minimum atomic E-state index is -0.739. The molecule has 0 fully saturated rings. The van der Waals surface area contributed by atoms with E-state index in [-0.39, 0.29) is 11.4 Å². The third kappa shape index (κ3) is 2.70. The summed E-state index contributed by atoms with van der Waals surface area (Å²) in [6.45, 7) is 3.56. The van der Waals surface area contributed by atoms with Crippen LogP contribution in [0.1, 0.15) is 20.4 Å². The van der Waals surface area contributed by atoms with Gasteiger partial charge in [-0.3, -0.25) is 4.79 Å². The van der Waals surface area contributed by atoms with Crippen molar-refractivity contribution in [3.05, 3.63) is 45.4 Å². The Hall–Kier alpha value is -1.82. The van der Waals surface area contributed by atoms with Gasteiger partial charge in [0.2, 0.25) is 0 Å². The molecule has 18 heavy (non-hydrogen) atoms. The first kappa shape index (κ1) is 12.6. The molecule has 0 aliphatic carbocycles. The average Bonchev–Trinajstić information content (AvgIpc) is 2.56. The Labute approximate surface area is 106 Å². The van der Waals surface area contributed by atoms with Gasteiger partial charge in [-0.15, -0.1) is 11.3 Å². The Morgan fingerprint density at radius 1 is 1.22 bits per heavy atom. The van der Waals surface area contributed by atoms with E-state index in [2.05, 4.69) is 10.3 Å². The van der Waals surface area contributed by atoms with Crippen molar-refractivity contribution in [1.29, 1.82) is 0 Å². The van der Waals surface area contributed by atoms with Gasteiger partial charge in [0, 0.05) is 16.6 Å². The van der Waals surface area contributed by atoms with Crippen molar-refractivity contribution in [3.8, 4) is 0 Å². The molecule has 1 aromatic carbocycles. The topological polar surface area (TPSA) is 42.0 Å². The van der Waals surface area contributed by atoms with E-state index in [0.29, 0.717) is 0 Å². The molecule has 0 radical (unpaired) electrons. The summed E-state index contributed by atoms with van der Waals surface area (Å²) in [7, 11) is 0. The van der Waals surface area contributed by atoms with Crippen LogP contribution in [0.4, 0.5) is 14.5 Å². The highest BCUT2D eigenvalue weighted by Gasteiger charge is 2.14. The predicted molar refractivity (Wildman–Crippen MR) is 65.9 cm³/mol. The van der Waals surface area contributed by atoms with Crippen molar-refractivity contribution < 1.29 is 13.6 Å². The minimum Gasteiger partial charge on any atom is -0.320 e. The molecule has 0 atom stereocenters. The fourth-order valence-electron chi connectivity index (χ4n) is 1.56. The smallest absolute Gasteiger partial charge is 0.275 e. The molecule has 0 bridgehead atoms. The molecule has 1 aromatic heterocycles. The van der Waals surface area contributed by atoms with E-state index in [1.807, 2.05) is 0 Å². The highest BCUT2D eigenvalue weighted by Crippen LogP contribution is 2.19. The summed E-state index contributed by atoms with van der Waals surface area (Å²) in [4.78, 5) is 16.7. The first-order valence-corrected chi connectivity index (χ1v) is 5.99. The van der Waals surface area contributed by atoms with Gasteiger partial charge in [0.15, 0.2) is 0 Å². The van der Waals surface area contributed by atoms with Crippen LogP contribution < -0.4 is 5.32 Å². The van der Waals surface area contributed by atoms with Crippen LogP contribution in [0.3, 0.4) is 0 Å². The molecule has 1 amide bonds. The third-order valence-corrected chi connectivity index (χ3v) is 3.13. The standard InChI is InChI=1S/C12H10F2N2OS/c1-6-11(15-7(2)18-6)12(17)16-10-4-8(13)3-9(14)5-10/h3-5H,1-2H3,(H,16,17). The highest BCUT2D eigenvalue weighted by molar-refractivity contribution is 7.11. The van der Waals surface area contributed by atoms with Crippen LogP contribution in [0.5, 0.6) is 0 Å². The normalized spacial score (nSPS) is 10.4. The second-order valence-corrected chi connectivity index (χ2v) is 5.16. The molecular weight excluding hydrogens is 258 g/mol.